The summed E-state index contributed by atoms with van der Waals surface area (Å²) in [7, 11) is 0. The van der Waals surface area contributed by atoms with Crippen molar-refractivity contribution in [3.05, 3.63) is 51.2 Å². The Morgan fingerprint density at radius 3 is 3.00 bits per heavy atom. The van der Waals surface area contributed by atoms with Crippen LogP contribution in [0.3, 0.4) is 0 Å². The van der Waals surface area contributed by atoms with E-state index in [1.54, 1.807) is 4.88 Å². The lowest BCUT2D eigenvalue weighted by atomic mass is 10.1. The topological polar surface area (TPSA) is 3.24 Å². The zero-order valence-electron chi connectivity index (χ0n) is 10.4. The minimum Gasteiger partial charge on any atom is -0.367 e. The predicted octanol–water partition coefficient (Wildman–Crippen LogP) is 4.51. The van der Waals surface area contributed by atoms with Gasteiger partial charge in [-0.3, -0.25) is 0 Å². The Bertz CT molecular complexity index is 561. The van der Waals surface area contributed by atoms with Crippen molar-refractivity contribution < 1.29 is 0 Å². The highest BCUT2D eigenvalue weighted by Gasteiger charge is 2.18. The molecule has 0 saturated heterocycles. The number of hydrogen-bond donors (Lipinski definition) is 0. The molecule has 2 aromatic rings. The lowest BCUT2D eigenvalue weighted by molar-refractivity contribution is 0.741. The normalized spacial score (nSPS) is 14.7. The van der Waals surface area contributed by atoms with Gasteiger partial charge in [0.2, 0.25) is 0 Å². The van der Waals surface area contributed by atoms with Crippen molar-refractivity contribution in [3.8, 4) is 0 Å². The number of aryl methyl sites for hydroxylation is 1. The van der Waals surface area contributed by atoms with Crippen molar-refractivity contribution in [1.82, 2.24) is 0 Å². The van der Waals surface area contributed by atoms with Crippen LogP contribution < -0.4 is 4.90 Å². The van der Waals surface area contributed by atoms with Crippen LogP contribution in [0.15, 0.2) is 29.6 Å². The van der Waals surface area contributed by atoms with Crippen LogP contribution in [0.1, 0.15) is 21.6 Å². The van der Waals surface area contributed by atoms with Gasteiger partial charge in [-0.05, 0) is 47.5 Å². The number of thiophene rings is 1. The molecule has 0 saturated carbocycles. The van der Waals surface area contributed by atoms with Crippen molar-refractivity contribution in [3.63, 3.8) is 0 Å². The summed E-state index contributed by atoms with van der Waals surface area (Å²) in [4.78, 5) is 4.07. The van der Waals surface area contributed by atoms with Gasteiger partial charge in [0.15, 0.2) is 0 Å². The molecule has 0 fully saturated rings. The first-order valence-corrected chi connectivity index (χ1v) is 8.23. The summed E-state index contributed by atoms with van der Waals surface area (Å²) in [6.07, 6.45) is 1.19. The Kier molecular flexibility index (Phi) is 3.44. The van der Waals surface area contributed by atoms with Gasteiger partial charge >= 0.3 is 0 Å². The third-order valence-electron chi connectivity index (χ3n) is 3.56. The van der Waals surface area contributed by atoms with Crippen molar-refractivity contribution in [2.45, 2.75) is 25.2 Å². The summed E-state index contributed by atoms with van der Waals surface area (Å²) in [6, 6.07) is 9.05. The van der Waals surface area contributed by atoms with E-state index in [0.29, 0.717) is 0 Å². The Labute approximate surface area is 121 Å². The van der Waals surface area contributed by atoms with Crippen molar-refractivity contribution >= 4 is 33.0 Å². The van der Waals surface area contributed by atoms with Gasteiger partial charge in [0.1, 0.15) is 0 Å². The van der Waals surface area contributed by atoms with Crippen LogP contribution in [0.5, 0.6) is 0 Å². The van der Waals surface area contributed by atoms with Gasteiger partial charge in [0, 0.05) is 29.0 Å². The van der Waals surface area contributed by atoms with E-state index in [1.165, 1.54) is 28.8 Å². The fraction of sp³-hybridized carbons (Fsp3) is 0.333. The summed E-state index contributed by atoms with van der Waals surface area (Å²) in [5.41, 5.74) is 5.63. The molecular formula is C15H16BrNS. The first-order chi connectivity index (χ1) is 8.78. The molecule has 1 nitrogen and oxygen atoms in total. The molecule has 1 aromatic carbocycles. The molecule has 1 aliphatic rings. The monoisotopic (exact) mass is 321 g/mol. The second-order valence-corrected chi connectivity index (χ2v) is 6.36. The number of hydrogen-bond acceptors (Lipinski definition) is 2. The maximum atomic E-state index is 3.52. The number of benzene rings is 1. The molecule has 0 N–H and O–H groups in total. The zero-order valence-corrected chi connectivity index (χ0v) is 12.9. The largest absolute Gasteiger partial charge is 0.367 e. The third kappa shape index (κ3) is 2.21. The number of rotatable bonds is 2. The van der Waals surface area contributed by atoms with Crippen LogP contribution in [0.25, 0.3) is 0 Å². The quantitative estimate of drug-likeness (QED) is 0.735. The fourth-order valence-corrected chi connectivity index (χ4v) is 3.85. The van der Waals surface area contributed by atoms with Gasteiger partial charge < -0.3 is 4.90 Å². The molecule has 2 heterocycles. The molecule has 0 aliphatic carbocycles. The Balaban J connectivity index is 1.88. The average molecular weight is 322 g/mol. The number of fused-ring (bicyclic) bond motifs is 1. The SMILES string of the molecule is Cc1cc(CBr)ccc1N1CCc2sccc2C1. The van der Waals surface area contributed by atoms with Gasteiger partial charge in [0.05, 0.1) is 0 Å². The maximum absolute atomic E-state index is 3.52. The van der Waals surface area contributed by atoms with Crippen LogP contribution in [-0.4, -0.2) is 6.54 Å². The highest BCUT2D eigenvalue weighted by Crippen LogP contribution is 2.30. The summed E-state index contributed by atoms with van der Waals surface area (Å²) in [5, 5.41) is 3.15. The second-order valence-electron chi connectivity index (χ2n) is 4.80. The van der Waals surface area contributed by atoms with E-state index in [9.17, 15) is 0 Å². The summed E-state index contributed by atoms with van der Waals surface area (Å²) < 4.78 is 0. The molecule has 0 atom stereocenters. The molecule has 0 amide bonds. The van der Waals surface area contributed by atoms with E-state index < -0.39 is 0 Å². The predicted molar refractivity (Wildman–Crippen MR) is 82.9 cm³/mol. The Hall–Kier alpha value is -0.800. The molecule has 0 radical (unpaired) electrons. The summed E-state index contributed by atoms with van der Waals surface area (Å²) in [5.74, 6) is 0. The minimum absolute atomic E-state index is 0.933. The first kappa shape index (κ1) is 12.2. The lowest BCUT2D eigenvalue weighted by Gasteiger charge is -2.30. The molecule has 94 valence electrons. The highest BCUT2D eigenvalue weighted by molar-refractivity contribution is 9.08. The number of nitrogens with zero attached hydrogens (tertiary/aromatic N) is 1. The maximum Gasteiger partial charge on any atom is 0.0440 e. The van der Waals surface area contributed by atoms with Crippen LogP contribution in [0.2, 0.25) is 0 Å². The molecule has 3 heteroatoms. The number of halogens is 1. The molecule has 1 aliphatic heterocycles. The van der Waals surface area contributed by atoms with E-state index in [-0.39, 0.29) is 0 Å². The first-order valence-electron chi connectivity index (χ1n) is 6.23. The van der Waals surface area contributed by atoms with E-state index in [1.807, 2.05) is 11.3 Å². The number of anilines is 1. The van der Waals surface area contributed by atoms with Crippen molar-refractivity contribution in [2.75, 3.05) is 11.4 Å². The van der Waals surface area contributed by atoms with E-state index >= 15 is 0 Å². The zero-order chi connectivity index (χ0) is 12.5. The minimum atomic E-state index is 0.933. The highest BCUT2D eigenvalue weighted by atomic mass is 79.9. The average Bonchev–Trinajstić information content (AvgIpc) is 2.85. The molecule has 0 spiro atoms. The molecule has 1 aromatic heterocycles. The van der Waals surface area contributed by atoms with Crippen LogP contribution in [0.4, 0.5) is 5.69 Å². The van der Waals surface area contributed by atoms with Crippen LogP contribution in [0, 0.1) is 6.92 Å². The fourth-order valence-electron chi connectivity index (χ4n) is 2.61. The van der Waals surface area contributed by atoms with Gasteiger partial charge in [-0.1, -0.05) is 28.1 Å². The third-order valence-corrected chi connectivity index (χ3v) is 5.23. The smallest absolute Gasteiger partial charge is 0.0440 e. The standard InChI is InChI=1S/C15H16BrNS/c1-11-8-12(9-16)2-3-14(11)17-6-4-15-13(10-17)5-7-18-15/h2-3,5,7-8H,4,6,9-10H2,1H3. The van der Waals surface area contributed by atoms with E-state index in [2.05, 4.69) is 57.4 Å². The van der Waals surface area contributed by atoms with E-state index in [0.717, 1.165) is 18.4 Å². The molecule has 0 bridgehead atoms. The summed E-state index contributed by atoms with van der Waals surface area (Å²) in [6.45, 7) is 4.42. The summed E-state index contributed by atoms with van der Waals surface area (Å²) >= 11 is 5.42. The van der Waals surface area contributed by atoms with Gasteiger partial charge in [0.25, 0.3) is 0 Å². The Morgan fingerprint density at radius 2 is 2.22 bits per heavy atom. The Morgan fingerprint density at radius 1 is 1.33 bits per heavy atom. The van der Waals surface area contributed by atoms with Crippen molar-refractivity contribution in [1.29, 1.82) is 0 Å². The molecule has 3 rings (SSSR count). The van der Waals surface area contributed by atoms with Crippen LogP contribution in [-0.2, 0) is 18.3 Å². The van der Waals surface area contributed by atoms with Gasteiger partial charge in [-0.25, -0.2) is 0 Å². The lowest BCUT2D eigenvalue weighted by Crippen LogP contribution is -2.29. The van der Waals surface area contributed by atoms with Crippen molar-refractivity contribution in [2.24, 2.45) is 0 Å². The van der Waals surface area contributed by atoms with Gasteiger partial charge in [-0.15, -0.1) is 11.3 Å². The van der Waals surface area contributed by atoms with Crippen LogP contribution >= 0.6 is 27.3 Å². The molecular weight excluding hydrogens is 306 g/mol. The molecule has 18 heavy (non-hydrogen) atoms. The number of alkyl halides is 1. The second kappa shape index (κ2) is 5.06. The molecule has 0 unspecified atom stereocenters. The van der Waals surface area contributed by atoms with Gasteiger partial charge in [-0.2, -0.15) is 0 Å². The van der Waals surface area contributed by atoms with E-state index in [4.69, 9.17) is 0 Å².